The van der Waals surface area contributed by atoms with Crippen molar-refractivity contribution < 1.29 is 23.2 Å². The minimum atomic E-state index is -5.08. The first-order valence-corrected chi connectivity index (χ1v) is 10.8. The van der Waals surface area contributed by atoms with Crippen molar-refractivity contribution in [3.63, 3.8) is 0 Å². The number of aromatic hydroxyl groups is 2. The summed E-state index contributed by atoms with van der Waals surface area (Å²) in [6.07, 6.45) is 0. The average Bonchev–Trinajstić information content (AvgIpc) is 2.64. The van der Waals surface area contributed by atoms with Crippen LogP contribution in [0.1, 0.15) is 16.7 Å². The van der Waals surface area contributed by atoms with Crippen LogP contribution >= 0.6 is 46.4 Å². The second kappa shape index (κ2) is 7.87. The van der Waals surface area contributed by atoms with Gasteiger partial charge in [0.25, 0.3) is 10.1 Å². The highest BCUT2D eigenvalue weighted by Crippen LogP contribution is 2.52. The molecular weight excluding hydrogens is 482 g/mol. The largest absolute Gasteiger partial charge is 0.508 e. The summed E-state index contributed by atoms with van der Waals surface area (Å²) in [5.41, 5.74) is -0.464. The van der Waals surface area contributed by atoms with Crippen molar-refractivity contribution >= 4 is 56.5 Å². The van der Waals surface area contributed by atoms with Crippen LogP contribution in [0.4, 0.5) is 0 Å². The Morgan fingerprint density at radius 3 is 1.83 bits per heavy atom. The molecule has 3 rings (SSSR count). The molecule has 0 aliphatic heterocycles. The van der Waals surface area contributed by atoms with Gasteiger partial charge in [0.15, 0.2) is 4.75 Å². The van der Waals surface area contributed by atoms with Gasteiger partial charge in [-0.2, -0.15) is 8.42 Å². The van der Waals surface area contributed by atoms with Crippen molar-refractivity contribution in [3.8, 4) is 11.5 Å². The number of phenolic OH excluding ortho intramolecular Hbond substituents is 2. The highest BCUT2D eigenvalue weighted by atomic mass is 35.5. The van der Waals surface area contributed by atoms with Crippen LogP contribution in [-0.4, -0.2) is 23.2 Å². The molecule has 29 heavy (non-hydrogen) atoms. The van der Waals surface area contributed by atoms with E-state index in [0.29, 0.717) is 5.02 Å². The first-order chi connectivity index (χ1) is 13.5. The molecule has 0 spiro atoms. The summed E-state index contributed by atoms with van der Waals surface area (Å²) in [6.45, 7) is 0. The molecule has 3 aromatic rings. The summed E-state index contributed by atoms with van der Waals surface area (Å²) in [5, 5.41) is 20.2. The molecule has 0 bridgehead atoms. The molecule has 5 nitrogen and oxygen atoms in total. The minimum absolute atomic E-state index is 0.00521. The fourth-order valence-corrected chi connectivity index (χ4v) is 5.31. The molecule has 152 valence electrons. The Hall–Kier alpha value is -1.67. The molecule has 0 aromatic heterocycles. The van der Waals surface area contributed by atoms with Crippen LogP contribution in [0.15, 0.2) is 54.6 Å². The molecule has 3 N–H and O–H groups in total. The second-order valence-electron chi connectivity index (χ2n) is 6.08. The zero-order valence-electron chi connectivity index (χ0n) is 14.3. The maximum atomic E-state index is 13.0. The lowest BCUT2D eigenvalue weighted by Crippen LogP contribution is -2.38. The fourth-order valence-electron chi connectivity index (χ4n) is 3.17. The van der Waals surface area contributed by atoms with E-state index >= 15 is 0 Å². The van der Waals surface area contributed by atoms with Crippen LogP contribution in [0.2, 0.25) is 20.1 Å². The normalized spacial score (nSPS) is 13.8. The summed E-state index contributed by atoms with van der Waals surface area (Å²) >= 11 is 24.4. The van der Waals surface area contributed by atoms with Crippen LogP contribution in [0.3, 0.4) is 0 Å². The van der Waals surface area contributed by atoms with E-state index in [1.54, 1.807) is 0 Å². The summed E-state index contributed by atoms with van der Waals surface area (Å²) < 4.78 is 34.0. The first kappa shape index (κ1) is 22.0. The standard InChI is InChI=1S/C19H12Cl4O5S/c20-12-4-1-10(2-5-12)19(29(26,27)28,11-3-7-15(24)14(22)9-11)17-16(25)8-6-13(21)18(17)23/h1-9,24-25H,(H,26,27,28). The second-order valence-corrected chi connectivity index (χ2v) is 9.28. The molecule has 1 atom stereocenters. The third-order valence-electron chi connectivity index (χ3n) is 4.42. The van der Waals surface area contributed by atoms with Crippen molar-refractivity contribution in [3.05, 3.63) is 91.4 Å². The lowest BCUT2D eigenvalue weighted by Gasteiger charge is -2.34. The number of benzene rings is 3. The Kier molecular flexibility index (Phi) is 5.98. The highest BCUT2D eigenvalue weighted by Gasteiger charge is 2.51. The fraction of sp³-hybridized carbons (Fsp3) is 0.0526. The molecule has 0 saturated heterocycles. The summed E-state index contributed by atoms with van der Waals surface area (Å²) in [7, 11) is -5.08. The van der Waals surface area contributed by atoms with E-state index in [-0.39, 0.29) is 37.5 Å². The monoisotopic (exact) mass is 492 g/mol. The smallest absolute Gasteiger partial charge is 0.283 e. The van der Waals surface area contributed by atoms with E-state index in [9.17, 15) is 23.2 Å². The zero-order chi connectivity index (χ0) is 21.6. The van der Waals surface area contributed by atoms with Crippen LogP contribution in [0, 0.1) is 0 Å². The number of phenols is 2. The molecule has 1 unspecified atom stereocenters. The van der Waals surface area contributed by atoms with E-state index in [4.69, 9.17) is 46.4 Å². The Balaban J connectivity index is 2.61. The van der Waals surface area contributed by atoms with Gasteiger partial charge in [-0.1, -0.05) is 64.6 Å². The quantitative estimate of drug-likeness (QED) is 0.311. The van der Waals surface area contributed by atoms with Gasteiger partial charge in [0, 0.05) is 10.6 Å². The van der Waals surface area contributed by atoms with Gasteiger partial charge in [-0.05, 0) is 47.5 Å². The average molecular weight is 494 g/mol. The minimum Gasteiger partial charge on any atom is -0.508 e. The van der Waals surface area contributed by atoms with Crippen molar-refractivity contribution in [2.24, 2.45) is 0 Å². The number of hydrogen-bond acceptors (Lipinski definition) is 4. The van der Waals surface area contributed by atoms with Gasteiger partial charge in [0.2, 0.25) is 0 Å². The van der Waals surface area contributed by atoms with Crippen molar-refractivity contribution in [2.75, 3.05) is 0 Å². The summed E-state index contributed by atoms with van der Waals surface area (Å²) in [5.74, 6) is -0.839. The Morgan fingerprint density at radius 1 is 0.724 bits per heavy atom. The van der Waals surface area contributed by atoms with Gasteiger partial charge in [0.1, 0.15) is 11.5 Å². The van der Waals surface area contributed by atoms with Gasteiger partial charge < -0.3 is 10.2 Å². The number of rotatable bonds is 4. The van der Waals surface area contributed by atoms with E-state index in [2.05, 4.69) is 0 Å². The molecule has 0 fully saturated rings. The van der Waals surface area contributed by atoms with Gasteiger partial charge in [-0.25, -0.2) is 0 Å². The molecule has 0 amide bonds. The van der Waals surface area contributed by atoms with Crippen LogP contribution in [0.5, 0.6) is 11.5 Å². The first-order valence-electron chi connectivity index (χ1n) is 7.89. The SMILES string of the molecule is O=S(=O)(O)C(c1ccc(Cl)cc1)(c1ccc(O)c(Cl)c1)c1c(O)ccc(Cl)c1Cl. The molecule has 3 aromatic carbocycles. The van der Waals surface area contributed by atoms with Crippen LogP contribution in [0.25, 0.3) is 0 Å². The van der Waals surface area contributed by atoms with Gasteiger partial charge >= 0.3 is 0 Å². The molecule has 10 heteroatoms. The molecule has 0 heterocycles. The molecule has 0 radical (unpaired) electrons. The molecule has 0 aliphatic carbocycles. The third kappa shape index (κ3) is 3.65. The lowest BCUT2D eigenvalue weighted by molar-refractivity contribution is 0.440. The predicted molar refractivity (Wildman–Crippen MR) is 114 cm³/mol. The topological polar surface area (TPSA) is 94.8 Å². The van der Waals surface area contributed by atoms with Crippen LogP contribution in [-0.2, 0) is 14.9 Å². The van der Waals surface area contributed by atoms with Crippen molar-refractivity contribution in [1.82, 2.24) is 0 Å². The van der Waals surface area contributed by atoms with Crippen LogP contribution < -0.4 is 0 Å². The van der Waals surface area contributed by atoms with Crippen molar-refractivity contribution in [2.45, 2.75) is 4.75 Å². The maximum Gasteiger partial charge on any atom is 0.283 e. The molecule has 0 aliphatic rings. The predicted octanol–water partition coefficient (Wildman–Crippen LogP) is 5.89. The Morgan fingerprint density at radius 2 is 1.28 bits per heavy atom. The van der Waals surface area contributed by atoms with E-state index < -0.39 is 20.6 Å². The zero-order valence-corrected chi connectivity index (χ0v) is 18.1. The summed E-state index contributed by atoms with van der Waals surface area (Å²) in [4.78, 5) is 0. The molecular formula is C19H12Cl4O5S. The van der Waals surface area contributed by atoms with Gasteiger partial charge in [-0.15, -0.1) is 0 Å². The highest BCUT2D eigenvalue weighted by molar-refractivity contribution is 7.87. The summed E-state index contributed by atoms with van der Waals surface area (Å²) in [6, 6.07) is 11.5. The van der Waals surface area contributed by atoms with Gasteiger partial charge in [0.05, 0.1) is 15.1 Å². The lowest BCUT2D eigenvalue weighted by atomic mass is 9.83. The Labute approximate surface area is 186 Å². The number of hydrogen-bond donors (Lipinski definition) is 3. The maximum absolute atomic E-state index is 13.0. The van der Waals surface area contributed by atoms with E-state index in [0.717, 1.165) is 18.2 Å². The van der Waals surface area contributed by atoms with Crippen molar-refractivity contribution in [1.29, 1.82) is 0 Å². The van der Waals surface area contributed by atoms with E-state index in [1.165, 1.54) is 36.4 Å². The Bertz CT molecular complexity index is 1200. The number of halogens is 4. The van der Waals surface area contributed by atoms with Gasteiger partial charge in [-0.3, -0.25) is 4.55 Å². The van der Waals surface area contributed by atoms with E-state index in [1.807, 2.05) is 0 Å². The molecule has 0 saturated carbocycles. The third-order valence-corrected chi connectivity index (χ3v) is 7.23.